The van der Waals surface area contributed by atoms with E-state index in [9.17, 15) is 4.79 Å². The maximum atomic E-state index is 12.5. The number of ether oxygens (including phenoxy) is 2. The molecule has 5 nitrogen and oxygen atoms in total. The molecule has 0 aliphatic heterocycles. The molecule has 0 saturated carbocycles. The highest BCUT2D eigenvalue weighted by atomic mass is 35.5. The third-order valence-corrected chi connectivity index (χ3v) is 5.44. The van der Waals surface area contributed by atoms with Gasteiger partial charge in [0.2, 0.25) is 0 Å². The van der Waals surface area contributed by atoms with Crippen molar-refractivity contribution in [3.63, 3.8) is 0 Å². The summed E-state index contributed by atoms with van der Waals surface area (Å²) in [5, 5.41) is 6.93. The SMILES string of the molecule is CCCOc1ccc(C(=O)N/N=C\c2c(OCc3ccc(Cl)cc3)ccc3ccccc23)cc1. The quantitative estimate of drug-likeness (QED) is 0.220. The van der Waals surface area contributed by atoms with E-state index in [1.807, 2.05) is 67.6 Å². The van der Waals surface area contributed by atoms with E-state index in [1.54, 1.807) is 30.5 Å². The summed E-state index contributed by atoms with van der Waals surface area (Å²) in [6, 6.07) is 26.4. The highest BCUT2D eigenvalue weighted by Crippen LogP contribution is 2.27. The number of nitrogens with one attached hydrogen (secondary N) is 1. The summed E-state index contributed by atoms with van der Waals surface area (Å²) in [7, 11) is 0. The van der Waals surface area contributed by atoms with Crippen molar-refractivity contribution in [3.8, 4) is 11.5 Å². The third-order valence-electron chi connectivity index (χ3n) is 5.19. The zero-order chi connectivity index (χ0) is 23.8. The summed E-state index contributed by atoms with van der Waals surface area (Å²) >= 11 is 5.98. The zero-order valence-electron chi connectivity index (χ0n) is 18.8. The lowest BCUT2D eigenvalue weighted by atomic mass is 10.0. The number of nitrogens with zero attached hydrogens (tertiary/aromatic N) is 1. The molecule has 0 aliphatic rings. The van der Waals surface area contributed by atoms with E-state index in [0.29, 0.717) is 29.5 Å². The summed E-state index contributed by atoms with van der Waals surface area (Å²) in [4.78, 5) is 12.5. The Kier molecular flexibility index (Phi) is 7.79. The van der Waals surface area contributed by atoms with Gasteiger partial charge in [-0.05, 0) is 65.2 Å². The molecule has 0 unspecified atom stereocenters. The van der Waals surface area contributed by atoms with Crippen molar-refractivity contribution in [1.29, 1.82) is 0 Å². The van der Waals surface area contributed by atoms with Crippen LogP contribution in [0, 0.1) is 0 Å². The summed E-state index contributed by atoms with van der Waals surface area (Å²) in [6.07, 6.45) is 2.55. The molecule has 0 aliphatic carbocycles. The van der Waals surface area contributed by atoms with Crippen molar-refractivity contribution < 1.29 is 14.3 Å². The van der Waals surface area contributed by atoms with E-state index in [4.69, 9.17) is 21.1 Å². The molecular weight excluding hydrogens is 448 g/mol. The molecule has 0 saturated heterocycles. The van der Waals surface area contributed by atoms with Crippen LogP contribution in [0.3, 0.4) is 0 Å². The molecule has 172 valence electrons. The smallest absolute Gasteiger partial charge is 0.271 e. The van der Waals surface area contributed by atoms with Crippen molar-refractivity contribution >= 4 is 34.5 Å². The van der Waals surface area contributed by atoms with Crippen molar-refractivity contribution in [1.82, 2.24) is 5.43 Å². The Bertz CT molecular complexity index is 1290. The lowest BCUT2D eigenvalue weighted by Crippen LogP contribution is -2.17. The molecule has 1 amide bonds. The van der Waals surface area contributed by atoms with Gasteiger partial charge in [0.15, 0.2) is 0 Å². The van der Waals surface area contributed by atoms with Gasteiger partial charge in [0.1, 0.15) is 18.1 Å². The fourth-order valence-corrected chi connectivity index (χ4v) is 3.54. The fraction of sp³-hybridized carbons (Fsp3) is 0.143. The number of hydrogen-bond acceptors (Lipinski definition) is 4. The molecule has 0 spiro atoms. The molecule has 4 aromatic rings. The molecule has 4 aromatic carbocycles. The Morgan fingerprint density at radius 1 is 0.941 bits per heavy atom. The van der Waals surface area contributed by atoms with Crippen LogP contribution in [-0.2, 0) is 6.61 Å². The van der Waals surface area contributed by atoms with Crippen LogP contribution in [0.15, 0.2) is 90.0 Å². The van der Waals surface area contributed by atoms with Crippen LogP contribution in [0.4, 0.5) is 0 Å². The van der Waals surface area contributed by atoms with Gasteiger partial charge >= 0.3 is 0 Å². The van der Waals surface area contributed by atoms with Gasteiger partial charge in [-0.15, -0.1) is 0 Å². The topological polar surface area (TPSA) is 59.9 Å². The van der Waals surface area contributed by atoms with Crippen LogP contribution in [0.25, 0.3) is 10.8 Å². The van der Waals surface area contributed by atoms with E-state index < -0.39 is 0 Å². The number of carbonyl (C=O) groups excluding carboxylic acids is 1. The Labute approximate surface area is 204 Å². The van der Waals surface area contributed by atoms with Crippen molar-refractivity contribution in [2.24, 2.45) is 5.10 Å². The number of halogens is 1. The van der Waals surface area contributed by atoms with Gasteiger partial charge in [-0.2, -0.15) is 5.10 Å². The minimum absolute atomic E-state index is 0.304. The molecule has 0 atom stereocenters. The van der Waals surface area contributed by atoms with Gasteiger partial charge in [-0.3, -0.25) is 4.79 Å². The second-order valence-corrected chi connectivity index (χ2v) is 8.12. The number of amides is 1. The molecule has 0 radical (unpaired) electrons. The first-order chi connectivity index (χ1) is 16.6. The van der Waals surface area contributed by atoms with Gasteiger partial charge in [-0.1, -0.05) is 61.0 Å². The van der Waals surface area contributed by atoms with E-state index in [1.165, 1.54) is 0 Å². The van der Waals surface area contributed by atoms with E-state index in [2.05, 4.69) is 10.5 Å². The van der Waals surface area contributed by atoms with Gasteiger partial charge < -0.3 is 9.47 Å². The number of hydrazone groups is 1. The lowest BCUT2D eigenvalue weighted by molar-refractivity contribution is 0.0955. The van der Waals surface area contributed by atoms with Gasteiger partial charge in [0.25, 0.3) is 5.91 Å². The Morgan fingerprint density at radius 3 is 2.47 bits per heavy atom. The minimum Gasteiger partial charge on any atom is -0.494 e. The van der Waals surface area contributed by atoms with Crippen LogP contribution in [0.1, 0.15) is 34.8 Å². The van der Waals surface area contributed by atoms with Crippen molar-refractivity contribution in [2.45, 2.75) is 20.0 Å². The molecule has 4 rings (SSSR count). The molecule has 0 bridgehead atoms. The molecule has 34 heavy (non-hydrogen) atoms. The molecule has 1 N–H and O–H groups in total. The lowest BCUT2D eigenvalue weighted by Gasteiger charge is -2.12. The highest BCUT2D eigenvalue weighted by molar-refractivity contribution is 6.30. The minimum atomic E-state index is -0.304. The zero-order valence-corrected chi connectivity index (χ0v) is 19.6. The largest absolute Gasteiger partial charge is 0.494 e. The number of rotatable bonds is 9. The van der Waals surface area contributed by atoms with Gasteiger partial charge in [0.05, 0.1) is 12.8 Å². The van der Waals surface area contributed by atoms with E-state index >= 15 is 0 Å². The van der Waals surface area contributed by atoms with Crippen molar-refractivity contribution in [3.05, 3.63) is 107 Å². The number of carbonyl (C=O) groups is 1. The molecular formula is C28H25ClN2O3. The van der Waals surface area contributed by atoms with Crippen LogP contribution in [0.5, 0.6) is 11.5 Å². The monoisotopic (exact) mass is 472 g/mol. The Balaban J connectivity index is 1.50. The maximum absolute atomic E-state index is 12.5. The first-order valence-electron chi connectivity index (χ1n) is 11.1. The van der Waals surface area contributed by atoms with Gasteiger partial charge in [-0.25, -0.2) is 5.43 Å². The van der Waals surface area contributed by atoms with Crippen LogP contribution >= 0.6 is 11.6 Å². The molecule has 0 heterocycles. The second-order valence-electron chi connectivity index (χ2n) is 7.69. The summed E-state index contributed by atoms with van der Waals surface area (Å²) in [6.45, 7) is 3.07. The normalized spacial score (nSPS) is 11.0. The second kappa shape index (κ2) is 11.3. The first kappa shape index (κ1) is 23.3. The van der Waals surface area contributed by atoms with Crippen LogP contribution in [0.2, 0.25) is 5.02 Å². The first-order valence-corrected chi connectivity index (χ1v) is 11.5. The standard InChI is InChI=1S/C28H25ClN2O3/c1-2-17-33-24-14-9-22(10-15-24)28(32)31-30-18-26-25-6-4-3-5-21(25)11-16-27(26)34-19-20-7-12-23(29)13-8-20/h3-16,18H,2,17,19H2,1H3,(H,31,32)/b30-18-. The Morgan fingerprint density at radius 2 is 1.71 bits per heavy atom. The molecule has 0 fully saturated rings. The highest BCUT2D eigenvalue weighted by Gasteiger charge is 2.09. The number of benzene rings is 4. The molecule has 6 heteroatoms. The number of fused-ring (bicyclic) bond motifs is 1. The van der Waals surface area contributed by atoms with Crippen LogP contribution < -0.4 is 14.9 Å². The average molecular weight is 473 g/mol. The van der Waals surface area contributed by atoms with E-state index in [0.717, 1.165) is 34.1 Å². The summed E-state index contributed by atoms with van der Waals surface area (Å²) in [5.74, 6) is 1.10. The fourth-order valence-electron chi connectivity index (χ4n) is 3.42. The Hall–Kier alpha value is -3.83. The summed E-state index contributed by atoms with van der Waals surface area (Å²) < 4.78 is 11.7. The van der Waals surface area contributed by atoms with Crippen LogP contribution in [-0.4, -0.2) is 18.7 Å². The third kappa shape index (κ3) is 5.94. The van der Waals surface area contributed by atoms with Gasteiger partial charge in [0, 0.05) is 16.1 Å². The molecule has 0 aromatic heterocycles. The average Bonchev–Trinajstić information content (AvgIpc) is 2.88. The number of hydrogen-bond donors (Lipinski definition) is 1. The predicted octanol–water partition coefficient (Wildman–Crippen LogP) is 6.62. The van der Waals surface area contributed by atoms with E-state index in [-0.39, 0.29) is 5.91 Å². The predicted molar refractivity (Wildman–Crippen MR) is 137 cm³/mol. The maximum Gasteiger partial charge on any atom is 0.271 e. The summed E-state index contributed by atoms with van der Waals surface area (Å²) in [5.41, 5.74) is 4.89. The van der Waals surface area contributed by atoms with Crippen molar-refractivity contribution in [2.75, 3.05) is 6.61 Å².